The first-order valence-corrected chi connectivity index (χ1v) is 9.46. The topological polar surface area (TPSA) is 94.2 Å². The van der Waals surface area contributed by atoms with Gasteiger partial charge in [-0.25, -0.2) is 14.0 Å². The molecule has 0 spiro atoms. The molecule has 162 valence electrons. The number of carbonyl (C=O) groups excluding carboxylic acids is 3. The molecule has 0 unspecified atom stereocenters. The maximum absolute atomic E-state index is 13.1. The summed E-state index contributed by atoms with van der Waals surface area (Å²) < 4.78 is 28.6. The molecule has 1 aliphatic heterocycles. The molecule has 1 heterocycles. The maximum atomic E-state index is 13.1. The predicted octanol–water partition coefficient (Wildman–Crippen LogP) is 2.87. The highest BCUT2D eigenvalue weighted by Gasteiger charge is 2.33. The number of urea groups is 1. The minimum Gasteiger partial charge on any atom is -0.490 e. The Labute approximate surface area is 178 Å². The fourth-order valence-electron chi connectivity index (χ4n) is 2.85. The molecule has 0 bridgehead atoms. The first-order chi connectivity index (χ1) is 14.9. The molecule has 0 saturated carbocycles. The van der Waals surface area contributed by atoms with Crippen molar-refractivity contribution in [1.82, 2.24) is 10.2 Å². The van der Waals surface area contributed by atoms with E-state index < -0.39 is 23.7 Å². The Morgan fingerprint density at radius 2 is 1.84 bits per heavy atom. The Morgan fingerprint density at radius 1 is 1.10 bits per heavy atom. The van der Waals surface area contributed by atoms with Crippen molar-refractivity contribution < 1.29 is 33.0 Å². The number of imide groups is 1. The fourth-order valence-corrected chi connectivity index (χ4v) is 2.85. The molecule has 2 aromatic carbocycles. The highest BCUT2D eigenvalue weighted by molar-refractivity contribution is 6.13. The zero-order valence-corrected chi connectivity index (χ0v) is 17.0. The third-order valence-corrected chi connectivity index (χ3v) is 4.37. The van der Waals surface area contributed by atoms with Gasteiger partial charge in [0.25, 0.3) is 5.91 Å². The lowest BCUT2D eigenvalue weighted by Crippen LogP contribution is -2.30. The van der Waals surface area contributed by atoms with Crippen LogP contribution < -0.4 is 14.8 Å². The summed E-state index contributed by atoms with van der Waals surface area (Å²) in [7, 11) is 1.26. The van der Waals surface area contributed by atoms with Gasteiger partial charge in [0.1, 0.15) is 11.5 Å². The Kier molecular flexibility index (Phi) is 6.86. The number of ether oxygens (including phenoxy) is 3. The molecule has 1 N–H and O–H groups in total. The summed E-state index contributed by atoms with van der Waals surface area (Å²) in [4.78, 5) is 37.3. The first kappa shape index (κ1) is 21.8. The molecule has 31 heavy (non-hydrogen) atoms. The summed E-state index contributed by atoms with van der Waals surface area (Å²) in [5, 5.41) is 2.54. The molecule has 3 amide bonds. The number of hydrogen-bond donors (Lipinski definition) is 1. The number of methoxy groups -OCH3 is 1. The van der Waals surface area contributed by atoms with Gasteiger partial charge in [-0.05, 0) is 48.4 Å². The van der Waals surface area contributed by atoms with Crippen LogP contribution in [0.1, 0.15) is 18.1 Å². The molecule has 1 saturated heterocycles. The van der Waals surface area contributed by atoms with E-state index in [0.29, 0.717) is 29.2 Å². The molecular formula is C22H21FN2O6. The lowest BCUT2D eigenvalue weighted by molar-refractivity contribution is -0.142. The summed E-state index contributed by atoms with van der Waals surface area (Å²) in [5.41, 5.74) is 1.30. The van der Waals surface area contributed by atoms with Crippen LogP contribution in [0.25, 0.3) is 6.08 Å². The van der Waals surface area contributed by atoms with Gasteiger partial charge in [0.2, 0.25) is 0 Å². The van der Waals surface area contributed by atoms with Crippen LogP contribution in [-0.2, 0) is 20.9 Å². The summed E-state index contributed by atoms with van der Waals surface area (Å²) in [6.45, 7) is 1.90. The maximum Gasteiger partial charge on any atom is 0.343 e. The monoisotopic (exact) mass is 428 g/mol. The van der Waals surface area contributed by atoms with E-state index in [1.807, 2.05) is 0 Å². The van der Waals surface area contributed by atoms with Crippen molar-refractivity contribution in [3.8, 4) is 11.5 Å². The van der Waals surface area contributed by atoms with Crippen LogP contribution in [0.3, 0.4) is 0 Å². The van der Waals surface area contributed by atoms with Gasteiger partial charge < -0.3 is 19.5 Å². The van der Waals surface area contributed by atoms with E-state index in [1.54, 1.807) is 25.1 Å². The third kappa shape index (κ3) is 5.39. The average Bonchev–Trinajstić information content (AvgIpc) is 3.02. The second-order valence-corrected chi connectivity index (χ2v) is 6.51. The molecule has 0 aromatic heterocycles. The average molecular weight is 428 g/mol. The van der Waals surface area contributed by atoms with Crippen molar-refractivity contribution in [2.75, 3.05) is 20.3 Å². The number of hydrogen-bond acceptors (Lipinski definition) is 6. The van der Waals surface area contributed by atoms with Crippen molar-refractivity contribution in [2.45, 2.75) is 13.5 Å². The van der Waals surface area contributed by atoms with Crippen LogP contribution in [-0.4, -0.2) is 43.1 Å². The Hall–Kier alpha value is -3.88. The summed E-state index contributed by atoms with van der Waals surface area (Å²) >= 11 is 0. The molecule has 9 heteroatoms. The molecule has 1 fully saturated rings. The van der Waals surface area contributed by atoms with E-state index in [0.717, 1.165) is 4.90 Å². The van der Waals surface area contributed by atoms with Crippen molar-refractivity contribution in [1.29, 1.82) is 0 Å². The van der Waals surface area contributed by atoms with Gasteiger partial charge in [-0.3, -0.25) is 9.69 Å². The highest BCUT2D eigenvalue weighted by Crippen LogP contribution is 2.30. The first-order valence-electron chi connectivity index (χ1n) is 9.46. The number of benzene rings is 2. The van der Waals surface area contributed by atoms with Crippen LogP contribution in [0.5, 0.6) is 11.5 Å². The standard InChI is InChI=1S/C22H21FN2O6/c1-3-30-19-11-15(6-9-18(19)31-13-20(26)29-2)10-17-21(27)25(22(28)24-17)12-14-4-7-16(23)8-5-14/h4-11H,3,12-13H2,1-2H3,(H,24,28). The SMILES string of the molecule is CCOc1cc(C=C2NC(=O)N(Cc3ccc(F)cc3)C2=O)ccc1OCC(=O)OC. The van der Waals surface area contributed by atoms with Crippen LogP contribution in [0, 0.1) is 5.82 Å². The summed E-state index contributed by atoms with van der Waals surface area (Å²) in [6, 6.07) is 9.88. The van der Waals surface area contributed by atoms with Gasteiger partial charge in [0.15, 0.2) is 18.1 Å². The van der Waals surface area contributed by atoms with Crippen LogP contribution >= 0.6 is 0 Å². The Bertz CT molecular complexity index is 1020. The van der Waals surface area contributed by atoms with Crippen molar-refractivity contribution >= 4 is 24.0 Å². The van der Waals surface area contributed by atoms with Gasteiger partial charge >= 0.3 is 12.0 Å². The molecule has 0 atom stereocenters. The van der Waals surface area contributed by atoms with E-state index >= 15 is 0 Å². The van der Waals surface area contributed by atoms with Crippen LogP contribution in [0.4, 0.5) is 9.18 Å². The molecule has 1 aliphatic rings. The molecule has 3 rings (SSSR count). The molecular weight excluding hydrogens is 407 g/mol. The van der Waals surface area contributed by atoms with E-state index in [4.69, 9.17) is 9.47 Å². The number of nitrogens with zero attached hydrogens (tertiary/aromatic N) is 1. The van der Waals surface area contributed by atoms with Gasteiger partial charge in [0, 0.05) is 0 Å². The van der Waals surface area contributed by atoms with E-state index in [1.165, 1.54) is 37.5 Å². The van der Waals surface area contributed by atoms with Crippen molar-refractivity contribution in [2.24, 2.45) is 0 Å². The van der Waals surface area contributed by atoms with Crippen LogP contribution in [0.15, 0.2) is 48.2 Å². The highest BCUT2D eigenvalue weighted by atomic mass is 19.1. The van der Waals surface area contributed by atoms with Crippen LogP contribution in [0.2, 0.25) is 0 Å². The fraction of sp³-hybridized carbons (Fsp3) is 0.227. The number of carbonyl (C=O) groups is 3. The van der Waals surface area contributed by atoms with Gasteiger partial charge in [-0.15, -0.1) is 0 Å². The zero-order valence-electron chi connectivity index (χ0n) is 17.0. The third-order valence-electron chi connectivity index (χ3n) is 4.37. The Morgan fingerprint density at radius 3 is 2.52 bits per heavy atom. The normalized spacial score (nSPS) is 14.5. The Balaban J connectivity index is 1.77. The van der Waals surface area contributed by atoms with E-state index in [-0.39, 0.29) is 18.8 Å². The van der Waals surface area contributed by atoms with E-state index in [9.17, 15) is 18.8 Å². The predicted molar refractivity (Wildman–Crippen MR) is 109 cm³/mol. The van der Waals surface area contributed by atoms with E-state index in [2.05, 4.69) is 10.1 Å². The molecule has 8 nitrogen and oxygen atoms in total. The molecule has 0 radical (unpaired) electrons. The van der Waals surface area contributed by atoms with Crippen molar-refractivity contribution in [3.63, 3.8) is 0 Å². The molecule has 0 aliphatic carbocycles. The van der Waals surface area contributed by atoms with Gasteiger partial charge in [-0.2, -0.15) is 0 Å². The lowest BCUT2D eigenvalue weighted by atomic mass is 10.1. The number of rotatable bonds is 8. The largest absolute Gasteiger partial charge is 0.490 e. The zero-order chi connectivity index (χ0) is 22.4. The summed E-state index contributed by atoms with van der Waals surface area (Å²) in [6.07, 6.45) is 1.51. The molecule has 2 aromatic rings. The number of amides is 3. The summed E-state index contributed by atoms with van der Waals surface area (Å²) in [5.74, 6) is -0.715. The van der Waals surface area contributed by atoms with Gasteiger partial charge in [-0.1, -0.05) is 18.2 Å². The minimum atomic E-state index is -0.566. The van der Waals surface area contributed by atoms with Gasteiger partial charge in [0.05, 0.1) is 20.3 Å². The number of halogens is 1. The minimum absolute atomic E-state index is 0.0206. The van der Waals surface area contributed by atoms with Crippen molar-refractivity contribution in [3.05, 3.63) is 65.1 Å². The smallest absolute Gasteiger partial charge is 0.343 e. The lowest BCUT2D eigenvalue weighted by Gasteiger charge is -2.12. The second kappa shape index (κ2) is 9.75. The second-order valence-electron chi connectivity index (χ2n) is 6.51. The number of nitrogens with one attached hydrogen (secondary N) is 1. The quantitative estimate of drug-likeness (QED) is 0.395. The number of esters is 1.